The first-order valence-electron chi connectivity index (χ1n) is 7.42. The Labute approximate surface area is 117 Å². The number of anilines is 2. The van der Waals surface area contributed by atoms with Crippen LogP contribution in [0.4, 0.5) is 17.1 Å². The van der Waals surface area contributed by atoms with Gasteiger partial charge in [-0.3, -0.25) is 10.1 Å². The van der Waals surface area contributed by atoms with Crippen molar-refractivity contribution >= 4 is 17.1 Å². The van der Waals surface area contributed by atoms with Crippen molar-refractivity contribution in [3.63, 3.8) is 0 Å². The van der Waals surface area contributed by atoms with Crippen LogP contribution in [0, 0.1) is 33.8 Å². The molecule has 0 aliphatic heterocycles. The van der Waals surface area contributed by atoms with Crippen molar-refractivity contribution in [1.29, 1.82) is 0 Å². The van der Waals surface area contributed by atoms with Crippen LogP contribution in [0.5, 0.6) is 0 Å². The molecule has 2 bridgehead atoms. The van der Waals surface area contributed by atoms with E-state index in [4.69, 9.17) is 0 Å². The number of nitrogens with zero attached hydrogens (tertiary/aromatic N) is 1. The molecule has 0 spiro atoms. The van der Waals surface area contributed by atoms with Gasteiger partial charge in [-0.25, -0.2) is 0 Å². The molecule has 1 aromatic rings. The monoisotopic (exact) mass is 273 g/mol. The molecule has 20 heavy (non-hydrogen) atoms. The van der Waals surface area contributed by atoms with Gasteiger partial charge in [0.25, 0.3) is 0 Å². The van der Waals surface area contributed by atoms with Crippen molar-refractivity contribution in [2.45, 2.75) is 25.3 Å². The summed E-state index contributed by atoms with van der Waals surface area (Å²) in [6.45, 7) is 0. The molecular weight excluding hydrogens is 254 g/mol. The molecule has 4 rings (SSSR count). The quantitative estimate of drug-likeness (QED) is 0.653. The van der Waals surface area contributed by atoms with Gasteiger partial charge in [-0.1, -0.05) is 6.07 Å². The Kier molecular flexibility index (Phi) is 2.46. The molecule has 4 unspecified atom stereocenters. The van der Waals surface area contributed by atoms with Crippen LogP contribution in [-0.2, 0) is 0 Å². The molecule has 3 fully saturated rings. The zero-order valence-corrected chi connectivity index (χ0v) is 11.5. The van der Waals surface area contributed by atoms with E-state index in [1.165, 1.54) is 19.3 Å². The van der Waals surface area contributed by atoms with E-state index in [1.807, 2.05) is 12.1 Å². The maximum Gasteiger partial charge on any atom is 0.315 e. The molecule has 0 amide bonds. The average molecular weight is 273 g/mol. The lowest BCUT2D eigenvalue weighted by Gasteiger charge is -2.13. The molecule has 0 aromatic heterocycles. The Morgan fingerprint density at radius 3 is 2.45 bits per heavy atom. The van der Waals surface area contributed by atoms with E-state index in [2.05, 4.69) is 10.6 Å². The van der Waals surface area contributed by atoms with Crippen molar-refractivity contribution < 1.29 is 4.92 Å². The predicted octanol–water partition coefficient (Wildman–Crippen LogP) is 3.09. The number of nitro groups is 1. The van der Waals surface area contributed by atoms with Crippen LogP contribution < -0.4 is 10.6 Å². The minimum atomic E-state index is -0.291. The first kappa shape index (κ1) is 12.0. The summed E-state index contributed by atoms with van der Waals surface area (Å²) in [4.78, 5) is 11.0. The number of fused-ring (bicyclic) bond motifs is 5. The van der Waals surface area contributed by atoms with Gasteiger partial charge in [-0.05, 0) is 55.1 Å². The fourth-order valence-corrected chi connectivity index (χ4v) is 4.76. The van der Waals surface area contributed by atoms with Crippen molar-refractivity contribution in [2.75, 3.05) is 17.7 Å². The molecule has 0 radical (unpaired) electrons. The van der Waals surface area contributed by atoms with E-state index in [9.17, 15) is 10.1 Å². The standard InChI is InChI=1S/C15H19N3O2/c1-16-10-3-2-4-11(15(10)18(19)20)17-14-12-8-5-6-9(7-8)13(12)14/h2-4,8-9,12-14,16-17H,5-7H2,1H3. The zero-order chi connectivity index (χ0) is 13.9. The number of para-hydroxylation sites is 1. The van der Waals surface area contributed by atoms with Crippen molar-refractivity contribution in [1.82, 2.24) is 0 Å². The third-order valence-electron chi connectivity index (χ3n) is 5.55. The molecule has 4 atom stereocenters. The fraction of sp³-hybridized carbons (Fsp3) is 0.600. The minimum Gasteiger partial charge on any atom is -0.382 e. The summed E-state index contributed by atoms with van der Waals surface area (Å²) in [6, 6.07) is 5.91. The molecule has 5 nitrogen and oxygen atoms in total. The van der Waals surface area contributed by atoms with Crippen LogP contribution in [0.25, 0.3) is 0 Å². The van der Waals surface area contributed by atoms with Crippen LogP contribution in [-0.4, -0.2) is 18.0 Å². The lowest BCUT2D eigenvalue weighted by Crippen LogP contribution is -2.14. The van der Waals surface area contributed by atoms with Gasteiger partial charge in [0.2, 0.25) is 0 Å². The van der Waals surface area contributed by atoms with Crippen molar-refractivity contribution in [3.8, 4) is 0 Å². The Morgan fingerprint density at radius 1 is 1.20 bits per heavy atom. The van der Waals surface area contributed by atoms with Crippen molar-refractivity contribution in [2.24, 2.45) is 23.7 Å². The van der Waals surface area contributed by atoms with Gasteiger partial charge in [0.15, 0.2) is 0 Å². The second-order valence-electron chi connectivity index (χ2n) is 6.37. The Morgan fingerprint density at radius 2 is 1.85 bits per heavy atom. The van der Waals surface area contributed by atoms with Gasteiger partial charge in [-0.2, -0.15) is 0 Å². The number of hydrogen-bond acceptors (Lipinski definition) is 4. The molecule has 106 valence electrons. The highest BCUT2D eigenvalue weighted by Gasteiger charge is 2.65. The first-order chi connectivity index (χ1) is 9.70. The molecule has 3 aliphatic carbocycles. The largest absolute Gasteiger partial charge is 0.382 e. The molecule has 3 aliphatic rings. The topological polar surface area (TPSA) is 67.2 Å². The van der Waals surface area contributed by atoms with Gasteiger partial charge in [0.05, 0.1) is 4.92 Å². The Hall–Kier alpha value is -1.78. The van der Waals surface area contributed by atoms with Gasteiger partial charge in [0, 0.05) is 13.1 Å². The van der Waals surface area contributed by atoms with Crippen LogP contribution in [0.2, 0.25) is 0 Å². The van der Waals surface area contributed by atoms with E-state index in [1.54, 1.807) is 13.1 Å². The smallest absolute Gasteiger partial charge is 0.315 e. The molecule has 2 N–H and O–H groups in total. The molecule has 0 heterocycles. The highest BCUT2D eigenvalue weighted by atomic mass is 16.6. The molecular formula is C15H19N3O2. The van der Waals surface area contributed by atoms with E-state index in [-0.39, 0.29) is 10.6 Å². The summed E-state index contributed by atoms with van der Waals surface area (Å²) in [6.07, 6.45) is 4.12. The van der Waals surface area contributed by atoms with Crippen LogP contribution >= 0.6 is 0 Å². The zero-order valence-electron chi connectivity index (χ0n) is 11.5. The van der Waals surface area contributed by atoms with E-state index in [0.29, 0.717) is 17.4 Å². The van der Waals surface area contributed by atoms with Gasteiger partial charge < -0.3 is 10.6 Å². The van der Waals surface area contributed by atoms with E-state index < -0.39 is 0 Å². The SMILES string of the molecule is CNc1cccc(NC2C3C4CCC(C4)C23)c1[N+](=O)[O-]. The Bertz CT molecular complexity index is 558. The number of benzene rings is 1. The van der Waals surface area contributed by atoms with Gasteiger partial charge >= 0.3 is 5.69 Å². The summed E-state index contributed by atoms with van der Waals surface area (Å²) < 4.78 is 0. The molecule has 0 saturated heterocycles. The lowest BCUT2D eigenvalue weighted by atomic mass is 10.0. The number of nitro benzene ring substituents is 1. The van der Waals surface area contributed by atoms with Crippen LogP contribution in [0.3, 0.4) is 0 Å². The summed E-state index contributed by atoms with van der Waals surface area (Å²) >= 11 is 0. The summed E-state index contributed by atoms with van der Waals surface area (Å²) in [5, 5.41) is 17.7. The van der Waals surface area contributed by atoms with E-state index >= 15 is 0 Å². The van der Waals surface area contributed by atoms with E-state index in [0.717, 1.165) is 23.7 Å². The molecule has 1 aromatic carbocycles. The fourth-order valence-electron chi connectivity index (χ4n) is 4.76. The van der Waals surface area contributed by atoms with Gasteiger partial charge in [-0.15, -0.1) is 0 Å². The molecule has 5 heteroatoms. The number of hydrogen-bond donors (Lipinski definition) is 2. The predicted molar refractivity (Wildman–Crippen MR) is 77.9 cm³/mol. The average Bonchev–Trinajstić information content (AvgIpc) is 2.84. The van der Waals surface area contributed by atoms with Crippen molar-refractivity contribution in [3.05, 3.63) is 28.3 Å². The number of rotatable bonds is 4. The summed E-state index contributed by atoms with van der Waals surface area (Å²) in [7, 11) is 1.72. The summed E-state index contributed by atoms with van der Waals surface area (Å²) in [5.74, 6) is 3.28. The second-order valence-corrected chi connectivity index (χ2v) is 6.37. The maximum atomic E-state index is 11.3. The Balaban J connectivity index is 1.60. The maximum absolute atomic E-state index is 11.3. The lowest BCUT2D eigenvalue weighted by molar-refractivity contribution is -0.383. The highest BCUT2D eigenvalue weighted by molar-refractivity contribution is 5.76. The third-order valence-corrected chi connectivity index (χ3v) is 5.55. The second kappa shape index (κ2) is 4.11. The van der Waals surface area contributed by atoms with Crippen LogP contribution in [0.1, 0.15) is 19.3 Å². The normalized spacial score (nSPS) is 36.5. The van der Waals surface area contributed by atoms with Crippen LogP contribution in [0.15, 0.2) is 18.2 Å². The van der Waals surface area contributed by atoms with Gasteiger partial charge in [0.1, 0.15) is 11.4 Å². The first-order valence-corrected chi connectivity index (χ1v) is 7.42. The summed E-state index contributed by atoms with van der Waals surface area (Å²) in [5.41, 5.74) is 1.42. The minimum absolute atomic E-state index is 0.173. The molecule has 3 saturated carbocycles. The highest BCUT2D eigenvalue weighted by Crippen LogP contribution is 2.66. The number of nitrogens with one attached hydrogen (secondary N) is 2. The third kappa shape index (κ3) is 1.55.